The van der Waals surface area contributed by atoms with Gasteiger partial charge < -0.3 is 9.88 Å². The topological polar surface area (TPSA) is 90.5 Å². The highest BCUT2D eigenvalue weighted by Gasteiger charge is 2.20. The van der Waals surface area contributed by atoms with E-state index in [1.807, 2.05) is 41.9 Å². The number of carbonyl (C=O) groups is 1. The maximum absolute atomic E-state index is 13.3. The third-order valence-corrected chi connectivity index (χ3v) is 4.87. The minimum atomic E-state index is -0.470. The number of halogens is 1. The summed E-state index contributed by atoms with van der Waals surface area (Å²) in [7, 11) is 1.85. The largest absolute Gasteiger partial charge is 0.342 e. The molecule has 2 aromatic heterocycles. The molecule has 158 valence electrons. The number of hydrogen-bond donors (Lipinski definition) is 1. The van der Waals surface area contributed by atoms with Crippen molar-refractivity contribution in [2.24, 2.45) is 7.05 Å². The first-order valence-electron chi connectivity index (χ1n) is 9.95. The van der Waals surface area contributed by atoms with Crippen LogP contribution in [-0.2, 0) is 18.4 Å². The van der Waals surface area contributed by atoms with Crippen LogP contribution in [0.25, 0.3) is 11.4 Å². The van der Waals surface area contributed by atoms with E-state index >= 15 is 0 Å². The fraction of sp³-hybridized carbons (Fsp3) is 0.227. The Morgan fingerprint density at radius 1 is 1.13 bits per heavy atom. The Kier molecular flexibility index (Phi) is 6.11. The number of aromatic nitrogens is 6. The minimum Gasteiger partial charge on any atom is -0.342 e. The van der Waals surface area contributed by atoms with Crippen molar-refractivity contribution in [3.63, 3.8) is 0 Å². The van der Waals surface area contributed by atoms with Crippen LogP contribution in [0.5, 0.6) is 0 Å². The Morgan fingerprint density at radius 3 is 2.61 bits per heavy atom. The van der Waals surface area contributed by atoms with E-state index in [2.05, 4.69) is 25.7 Å². The molecule has 31 heavy (non-hydrogen) atoms. The maximum Gasteiger partial charge on any atom is 0.220 e. The molecule has 4 rings (SSSR count). The second-order valence-corrected chi connectivity index (χ2v) is 7.13. The highest BCUT2D eigenvalue weighted by molar-refractivity contribution is 5.76. The second-order valence-electron chi connectivity index (χ2n) is 7.13. The van der Waals surface area contributed by atoms with Gasteiger partial charge in [-0.25, -0.2) is 9.37 Å². The van der Waals surface area contributed by atoms with Gasteiger partial charge in [0.1, 0.15) is 17.7 Å². The normalized spacial score (nSPS) is 11.9. The summed E-state index contributed by atoms with van der Waals surface area (Å²) in [6, 6.07) is 15.2. The van der Waals surface area contributed by atoms with Gasteiger partial charge in [0.2, 0.25) is 11.7 Å². The van der Waals surface area contributed by atoms with E-state index in [4.69, 9.17) is 0 Å². The van der Waals surface area contributed by atoms with Crippen LogP contribution in [0.15, 0.2) is 67.0 Å². The summed E-state index contributed by atoms with van der Waals surface area (Å²) in [6.07, 6.45) is 4.30. The summed E-state index contributed by atoms with van der Waals surface area (Å²) >= 11 is 0. The number of amides is 1. The Labute approximate surface area is 178 Å². The van der Waals surface area contributed by atoms with Gasteiger partial charge in [0.25, 0.3) is 0 Å². The number of hydrogen-bond acceptors (Lipinski definition) is 5. The van der Waals surface area contributed by atoms with E-state index < -0.39 is 6.04 Å². The molecule has 1 N–H and O–H groups in total. The van der Waals surface area contributed by atoms with Crippen LogP contribution >= 0.6 is 0 Å². The molecule has 2 heterocycles. The number of imidazole rings is 1. The van der Waals surface area contributed by atoms with Crippen LogP contribution in [0.3, 0.4) is 0 Å². The number of rotatable bonds is 8. The minimum absolute atomic E-state index is 0.138. The van der Waals surface area contributed by atoms with E-state index in [1.54, 1.807) is 24.5 Å². The molecule has 8 nitrogen and oxygen atoms in total. The van der Waals surface area contributed by atoms with Gasteiger partial charge in [0, 0.05) is 31.4 Å². The zero-order chi connectivity index (χ0) is 21.6. The average Bonchev–Trinajstić information content (AvgIpc) is 3.43. The number of aryl methyl sites for hydroxylation is 2. The quantitative estimate of drug-likeness (QED) is 0.474. The molecule has 0 saturated heterocycles. The molecule has 9 heteroatoms. The van der Waals surface area contributed by atoms with Crippen molar-refractivity contribution < 1.29 is 9.18 Å². The molecule has 0 aliphatic heterocycles. The number of tetrazole rings is 1. The molecule has 1 unspecified atom stereocenters. The molecule has 0 bridgehead atoms. The molecule has 0 aliphatic rings. The molecular formula is C22H22FN7O. The fourth-order valence-electron chi connectivity index (χ4n) is 3.26. The molecule has 1 amide bonds. The standard InChI is InChI=1S/C22H22FN7O/c1-29-15-13-24-22(29)20(16-9-11-18(23)12-10-16)25-19(31)8-5-14-30-27-21(26-28-30)17-6-3-2-4-7-17/h2-4,6-7,9-13,15,20H,5,8,14H2,1H3,(H,25,31). The zero-order valence-electron chi connectivity index (χ0n) is 17.0. The Hall–Kier alpha value is -3.88. The van der Waals surface area contributed by atoms with Crippen molar-refractivity contribution in [1.82, 2.24) is 35.1 Å². The maximum atomic E-state index is 13.3. The third kappa shape index (κ3) is 5.00. The van der Waals surface area contributed by atoms with E-state index in [9.17, 15) is 9.18 Å². The van der Waals surface area contributed by atoms with Gasteiger partial charge in [-0.3, -0.25) is 4.79 Å². The Balaban J connectivity index is 1.37. The predicted molar refractivity (Wildman–Crippen MR) is 112 cm³/mol. The Morgan fingerprint density at radius 2 is 1.90 bits per heavy atom. The van der Waals surface area contributed by atoms with Crippen molar-refractivity contribution >= 4 is 5.91 Å². The lowest BCUT2D eigenvalue weighted by Crippen LogP contribution is -2.31. The average molecular weight is 419 g/mol. The van der Waals surface area contributed by atoms with E-state index in [0.717, 1.165) is 11.1 Å². The van der Waals surface area contributed by atoms with Gasteiger partial charge in [-0.1, -0.05) is 42.5 Å². The van der Waals surface area contributed by atoms with E-state index in [0.29, 0.717) is 24.6 Å². The first kappa shape index (κ1) is 20.4. The molecule has 0 aliphatic carbocycles. The first-order chi connectivity index (χ1) is 15.1. The van der Waals surface area contributed by atoms with Gasteiger partial charge in [-0.2, -0.15) is 4.80 Å². The molecule has 0 saturated carbocycles. The smallest absolute Gasteiger partial charge is 0.220 e. The highest BCUT2D eigenvalue weighted by Crippen LogP contribution is 2.21. The van der Waals surface area contributed by atoms with Gasteiger partial charge in [-0.15, -0.1) is 10.2 Å². The first-order valence-corrected chi connectivity index (χ1v) is 9.95. The van der Waals surface area contributed by atoms with Crippen LogP contribution in [-0.4, -0.2) is 35.7 Å². The van der Waals surface area contributed by atoms with Crippen LogP contribution in [0.2, 0.25) is 0 Å². The van der Waals surface area contributed by atoms with Gasteiger partial charge in [0.05, 0.1) is 6.54 Å². The number of benzene rings is 2. The van der Waals surface area contributed by atoms with Crippen molar-refractivity contribution in [2.75, 3.05) is 0 Å². The van der Waals surface area contributed by atoms with Crippen LogP contribution < -0.4 is 5.32 Å². The highest BCUT2D eigenvalue weighted by atomic mass is 19.1. The summed E-state index contributed by atoms with van der Waals surface area (Å²) in [5, 5.41) is 15.5. The molecule has 0 spiro atoms. The molecule has 2 aromatic carbocycles. The molecule has 0 fully saturated rings. The van der Waals surface area contributed by atoms with Crippen molar-refractivity contribution in [3.8, 4) is 11.4 Å². The summed E-state index contributed by atoms with van der Waals surface area (Å²) < 4.78 is 15.2. The predicted octanol–water partition coefficient (Wildman–Crippen LogP) is 2.90. The van der Waals surface area contributed by atoms with Crippen LogP contribution in [0.4, 0.5) is 4.39 Å². The summed E-state index contributed by atoms with van der Waals surface area (Å²) in [6.45, 7) is 0.469. The fourth-order valence-corrected chi connectivity index (χ4v) is 3.26. The monoisotopic (exact) mass is 419 g/mol. The number of nitrogens with one attached hydrogen (secondary N) is 1. The zero-order valence-corrected chi connectivity index (χ0v) is 17.0. The van der Waals surface area contributed by atoms with Crippen molar-refractivity contribution in [3.05, 3.63) is 84.2 Å². The lowest BCUT2D eigenvalue weighted by atomic mass is 10.1. The van der Waals surface area contributed by atoms with Crippen molar-refractivity contribution in [2.45, 2.75) is 25.4 Å². The lowest BCUT2D eigenvalue weighted by Gasteiger charge is -2.19. The summed E-state index contributed by atoms with van der Waals surface area (Å²) in [5.41, 5.74) is 1.65. The third-order valence-electron chi connectivity index (χ3n) is 4.87. The Bertz CT molecular complexity index is 1140. The molecule has 4 aromatic rings. The SMILES string of the molecule is Cn1ccnc1C(NC(=O)CCCn1nnc(-c2ccccc2)n1)c1ccc(F)cc1. The molecule has 1 atom stereocenters. The van der Waals surface area contributed by atoms with Gasteiger partial charge in [0.15, 0.2) is 0 Å². The number of carbonyl (C=O) groups excluding carboxylic acids is 1. The van der Waals surface area contributed by atoms with Gasteiger partial charge in [-0.05, 0) is 29.3 Å². The molecular weight excluding hydrogens is 397 g/mol. The van der Waals surface area contributed by atoms with Crippen LogP contribution in [0.1, 0.15) is 30.3 Å². The second kappa shape index (κ2) is 9.29. The lowest BCUT2D eigenvalue weighted by molar-refractivity contribution is -0.121. The summed E-state index contributed by atoms with van der Waals surface area (Å²) in [5.74, 6) is 0.756. The number of nitrogens with zero attached hydrogens (tertiary/aromatic N) is 6. The van der Waals surface area contributed by atoms with E-state index in [1.165, 1.54) is 16.9 Å². The van der Waals surface area contributed by atoms with Gasteiger partial charge >= 0.3 is 0 Å². The van der Waals surface area contributed by atoms with Crippen molar-refractivity contribution in [1.29, 1.82) is 0 Å². The van der Waals surface area contributed by atoms with E-state index in [-0.39, 0.29) is 18.1 Å². The molecule has 0 radical (unpaired) electrons. The summed E-state index contributed by atoms with van der Waals surface area (Å²) in [4.78, 5) is 18.5. The van der Waals surface area contributed by atoms with Crippen LogP contribution in [0, 0.1) is 5.82 Å².